The minimum absolute atomic E-state index is 0.0182. The number of carbonyl (C=O) groups is 2. The Bertz CT molecular complexity index is 1020. The Kier molecular flexibility index (Phi) is 5.65. The summed E-state index contributed by atoms with van der Waals surface area (Å²) >= 11 is 0. The van der Waals surface area contributed by atoms with E-state index in [9.17, 15) is 9.59 Å². The first kappa shape index (κ1) is 18.9. The van der Waals surface area contributed by atoms with Crippen LogP contribution in [0.25, 0.3) is 17.1 Å². The summed E-state index contributed by atoms with van der Waals surface area (Å²) in [6.45, 7) is 1.92. The molecule has 3 heterocycles. The van der Waals surface area contributed by atoms with Crippen molar-refractivity contribution in [1.29, 1.82) is 0 Å². The van der Waals surface area contributed by atoms with E-state index in [0.717, 1.165) is 18.4 Å². The van der Waals surface area contributed by atoms with E-state index in [1.807, 2.05) is 29.2 Å². The van der Waals surface area contributed by atoms with E-state index in [2.05, 4.69) is 15.3 Å². The summed E-state index contributed by atoms with van der Waals surface area (Å²) in [6.07, 6.45) is 8.00. The van der Waals surface area contributed by atoms with Crippen molar-refractivity contribution in [3.63, 3.8) is 0 Å². The van der Waals surface area contributed by atoms with Crippen LogP contribution in [0.1, 0.15) is 29.1 Å². The minimum Gasteiger partial charge on any atom is -0.465 e. The zero-order valence-corrected chi connectivity index (χ0v) is 16.0. The van der Waals surface area contributed by atoms with Crippen molar-refractivity contribution in [2.24, 2.45) is 5.92 Å². The van der Waals surface area contributed by atoms with Crippen LogP contribution in [0.5, 0.6) is 0 Å². The molecule has 1 fully saturated rings. The molecule has 4 rings (SSSR count). The Morgan fingerprint density at radius 1 is 1.14 bits per heavy atom. The van der Waals surface area contributed by atoms with Gasteiger partial charge in [0.05, 0.1) is 23.5 Å². The van der Waals surface area contributed by atoms with Crippen molar-refractivity contribution in [2.45, 2.75) is 12.8 Å². The quantitative estimate of drug-likeness (QED) is 0.677. The van der Waals surface area contributed by atoms with Crippen LogP contribution in [0.3, 0.4) is 0 Å². The molecule has 1 aliphatic rings. The lowest BCUT2D eigenvalue weighted by Gasteiger charge is -2.31. The monoisotopic (exact) mass is 390 g/mol. The lowest BCUT2D eigenvalue weighted by atomic mass is 9.96. The average molecular weight is 390 g/mol. The first-order valence-electron chi connectivity index (χ1n) is 9.69. The molecule has 0 radical (unpaired) electrons. The number of hydrogen-bond acceptors (Lipinski definition) is 5. The summed E-state index contributed by atoms with van der Waals surface area (Å²) in [5, 5.41) is 2.95. The lowest BCUT2D eigenvalue weighted by Crippen LogP contribution is -2.41. The van der Waals surface area contributed by atoms with Crippen LogP contribution in [-0.2, 0) is 4.79 Å². The van der Waals surface area contributed by atoms with Gasteiger partial charge in [-0.25, -0.2) is 4.98 Å². The molecule has 0 aliphatic carbocycles. The number of likely N-dealkylation sites (tertiary alicyclic amines) is 1. The topological polar surface area (TPSA) is 88.3 Å². The molecule has 1 aromatic carbocycles. The summed E-state index contributed by atoms with van der Waals surface area (Å²) in [5.74, 6) is 0.761. The number of rotatable bonds is 5. The van der Waals surface area contributed by atoms with Crippen LogP contribution in [0.15, 0.2) is 59.4 Å². The first-order valence-corrected chi connectivity index (χ1v) is 9.69. The number of para-hydroxylation sites is 2. The van der Waals surface area contributed by atoms with Gasteiger partial charge < -0.3 is 14.6 Å². The maximum absolute atomic E-state index is 12.4. The summed E-state index contributed by atoms with van der Waals surface area (Å²) < 4.78 is 5.20. The largest absolute Gasteiger partial charge is 0.465 e. The molecule has 0 unspecified atom stereocenters. The van der Waals surface area contributed by atoms with Gasteiger partial charge in [-0.05, 0) is 49.1 Å². The van der Waals surface area contributed by atoms with Gasteiger partial charge in [-0.2, -0.15) is 0 Å². The highest BCUT2D eigenvalue weighted by molar-refractivity contribution is 5.93. The predicted octanol–water partition coefficient (Wildman–Crippen LogP) is 2.90. The van der Waals surface area contributed by atoms with Crippen LogP contribution in [0.2, 0.25) is 0 Å². The van der Waals surface area contributed by atoms with E-state index in [1.54, 1.807) is 30.5 Å². The third-order valence-corrected chi connectivity index (χ3v) is 5.09. The van der Waals surface area contributed by atoms with Gasteiger partial charge in [0.15, 0.2) is 0 Å². The number of nitrogens with zero attached hydrogens (tertiary/aromatic N) is 3. The number of furan rings is 1. The molecule has 1 N–H and O–H groups in total. The van der Waals surface area contributed by atoms with Crippen molar-refractivity contribution in [2.75, 3.05) is 19.6 Å². The van der Waals surface area contributed by atoms with E-state index in [-0.39, 0.29) is 11.8 Å². The van der Waals surface area contributed by atoms with Crippen LogP contribution >= 0.6 is 0 Å². The fourth-order valence-corrected chi connectivity index (χ4v) is 3.40. The van der Waals surface area contributed by atoms with Gasteiger partial charge >= 0.3 is 0 Å². The van der Waals surface area contributed by atoms with Crippen LogP contribution in [0, 0.1) is 5.92 Å². The molecule has 0 atom stereocenters. The Morgan fingerprint density at radius 3 is 2.69 bits per heavy atom. The van der Waals surface area contributed by atoms with Gasteiger partial charge in [-0.15, -0.1) is 0 Å². The van der Waals surface area contributed by atoms with Gasteiger partial charge in [0.2, 0.25) is 5.91 Å². The number of aromatic nitrogens is 2. The Labute approximate surface area is 168 Å². The minimum atomic E-state index is -0.219. The highest BCUT2D eigenvalue weighted by atomic mass is 16.3. The predicted molar refractivity (Wildman–Crippen MR) is 109 cm³/mol. The summed E-state index contributed by atoms with van der Waals surface area (Å²) in [5.41, 5.74) is 1.79. The SMILES string of the molecule is O=C(NCC1CCN(C(=O)/C=C/c2ccco2)CC1)c1cnc2ccccc2n1. The van der Waals surface area contributed by atoms with Gasteiger partial charge in [0.25, 0.3) is 5.91 Å². The molecule has 2 aromatic heterocycles. The van der Waals surface area contributed by atoms with Crippen molar-refractivity contribution in [3.05, 3.63) is 66.4 Å². The van der Waals surface area contributed by atoms with Gasteiger partial charge in [0, 0.05) is 25.7 Å². The second-order valence-electron chi connectivity index (χ2n) is 7.07. The molecular formula is C22H22N4O3. The maximum Gasteiger partial charge on any atom is 0.271 e. The molecule has 7 heteroatoms. The molecule has 29 heavy (non-hydrogen) atoms. The molecular weight excluding hydrogens is 368 g/mol. The standard InChI is InChI=1S/C22H22N4O3/c27-21(8-7-17-4-3-13-29-17)26-11-9-16(10-12-26)14-24-22(28)20-15-23-18-5-1-2-6-19(18)25-20/h1-8,13,15-16H,9-12,14H2,(H,24,28)/b8-7+. The Balaban J connectivity index is 1.25. The van der Waals surface area contributed by atoms with E-state index < -0.39 is 0 Å². The lowest BCUT2D eigenvalue weighted by molar-refractivity contribution is -0.127. The van der Waals surface area contributed by atoms with Crippen LogP contribution < -0.4 is 5.32 Å². The van der Waals surface area contributed by atoms with Crippen molar-refractivity contribution >= 4 is 28.9 Å². The molecule has 148 valence electrons. The molecule has 1 saturated heterocycles. The second-order valence-corrected chi connectivity index (χ2v) is 7.07. The fourth-order valence-electron chi connectivity index (χ4n) is 3.40. The highest BCUT2D eigenvalue weighted by Gasteiger charge is 2.22. The number of piperidine rings is 1. The number of nitrogens with one attached hydrogen (secondary N) is 1. The van der Waals surface area contributed by atoms with E-state index in [0.29, 0.717) is 42.5 Å². The number of fused-ring (bicyclic) bond motifs is 1. The second kappa shape index (κ2) is 8.68. The fraction of sp³-hybridized carbons (Fsp3) is 0.273. The first-order chi connectivity index (χ1) is 14.2. The molecule has 0 spiro atoms. The van der Waals surface area contributed by atoms with Crippen molar-refractivity contribution in [3.8, 4) is 0 Å². The van der Waals surface area contributed by atoms with E-state index in [4.69, 9.17) is 4.42 Å². The number of amides is 2. The zero-order chi connectivity index (χ0) is 20.1. The Morgan fingerprint density at radius 2 is 1.93 bits per heavy atom. The average Bonchev–Trinajstić information content (AvgIpc) is 3.29. The summed E-state index contributed by atoms with van der Waals surface area (Å²) in [7, 11) is 0. The van der Waals surface area contributed by atoms with Crippen molar-refractivity contribution in [1.82, 2.24) is 20.2 Å². The normalized spacial score (nSPS) is 15.1. The number of benzene rings is 1. The zero-order valence-electron chi connectivity index (χ0n) is 16.0. The molecule has 2 amide bonds. The van der Waals surface area contributed by atoms with Crippen LogP contribution in [0.4, 0.5) is 0 Å². The Hall–Kier alpha value is -3.48. The highest BCUT2D eigenvalue weighted by Crippen LogP contribution is 2.17. The van der Waals surface area contributed by atoms with Crippen molar-refractivity contribution < 1.29 is 14.0 Å². The van der Waals surface area contributed by atoms with Gasteiger partial charge in [0.1, 0.15) is 11.5 Å². The van der Waals surface area contributed by atoms with E-state index in [1.165, 1.54) is 6.20 Å². The molecule has 0 saturated carbocycles. The smallest absolute Gasteiger partial charge is 0.271 e. The summed E-state index contributed by atoms with van der Waals surface area (Å²) in [4.78, 5) is 35.2. The third kappa shape index (κ3) is 4.68. The van der Waals surface area contributed by atoms with Gasteiger partial charge in [-0.3, -0.25) is 14.6 Å². The summed E-state index contributed by atoms with van der Waals surface area (Å²) in [6, 6.07) is 11.1. The number of hydrogen-bond donors (Lipinski definition) is 1. The van der Waals surface area contributed by atoms with Gasteiger partial charge in [-0.1, -0.05) is 12.1 Å². The van der Waals surface area contributed by atoms with E-state index >= 15 is 0 Å². The third-order valence-electron chi connectivity index (χ3n) is 5.09. The van der Waals surface area contributed by atoms with Crippen LogP contribution in [-0.4, -0.2) is 46.3 Å². The maximum atomic E-state index is 12.4. The molecule has 3 aromatic rings. The number of carbonyl (C=O) groups excluding carboxylic acids is 2. The molecule has 7 nitrogen and oxygen atoms in total. The molecule has 0 bridgehead atoms. The molecule has 1 aliphatic heterocycles.